The SMILES string of the molecule is N#CCCCn1cnc2c(cnn2-c2ccccc2[N+](=O)[O-])c1=O. The maximum absolute atomic E-state index is 12.4. The van der Waals surface area contributed by atoms with Gasteiger partial charge in [0.25, 0.3) is 11.2 Å². The summed E-state index contributed by atoms with van der Waals surface area (Å²) in [5, 5.41) is 24.1. The third kappa shape index (κ3) is 2.61. The standard InChI is InChI=1S/C15H12N6O3/c16-7-3-4-8-19-10-17-14-11(15(19)22)9-18-20(14)12-5-1-2-6-13(12)21(23)24/h1-2,5-6,9-10H,3-4,8H2. The highest BCUT2D eigenvalue weighted by Crippen LogP contribution is 2.23. The molecule has 2 aromatic heterocycles. The molecule has 0 unspecified atom stereocenters. The van der Waals surface area contributed by atoms with Crippen LogP contribution in [0.5, 0.6) is 0 Å². The van der Waals surface area contributed by atoms with Crippen molar-refractivity contribution >= 4 is 16.7 Å². The van der Waals surface area contributed by atoms with Crippen LogP contribution in [0.4, 0.5) is 5.69 Å². The van der Waals surface area contributed by atoms with E-state index in [-0.39, 0.29) is 28.0 Å². The topological polar surface area (TPSA) is 120 Å². The Bertz CT molecular complexity index is 1010. The lowest BCUT2D eigenvalue weighted by molar-refractivity contribution is -0.384. The first-order valence-electron chi connectivity index (χ1n) is 7.17. The molecule has 1 aromatic carbocycles. The van der Waals surface area contributed by atoms with Crippen molar-refractivity contribution in [3.63, 3.8) is 0 Å². The summed E-state index contributed by atoms with van der Waals surface area (Å²) in [4.78, 5) is 27.3. The molecule has 0 saturated carbocycles. The van der Waals surface area contributed by atoms with Crippen LogP contribution in [0.3, 0.4) is 0 Å². The zero-order valence-corrected chi connectivity index (χ0v) is 12.5. The Morgan fingerprint density at radius 3 is 2.88 bits per heavy atom. The highest BCUT2D eigenvalue weighted by Gasteiger charge is 2.18. The summed E-state index contributed by atoms with van der Waals surface area (Å²) in [5.74, 6) is 0. The predicted molar refractivity (Wildman–Crippen MR) is 84.6 cm³/mol. The molecule has 3 rings (SSSR count). The molecule has 0 saturated heterocycles. The number of fused-ring (bicyclic) bond motifs is 1. The summed E-state index contributed by atoms with van der Waals surface area (Å²) in [7, 11) is 0. The molecule has 3 aromatic rings. The molecule has 0 radical (unpaired) electrons. The minimum absolute atomic E-state index is 0.123. The van der Waals surface area contributed by atoms with E-state index in [4.69, 9.17) is 5.26 Å². The molecular formula is C15H12N6O3. The van der Waals surface area contributed by atoms with E-state index in [0.717, 1.165) is 0 Å². The van der Waals surface area contributed by atoms with Crippen molar-refractivity contribution < 1.29 is 4.92 Å². The molecule has 0 fully saturated rings. The first-order valence-corrected chi connectivity index (χ1v) is 7.17. The first kappa shape index (κ1) is 15.4. The van der Waals surface area contributed by atoms with Gasteiger partial charge >= 0.3 is 0 Å². The minimum Gasteiger partial charge on any atom is -0.299 e. The van der Waals surface area contributed by atoms with E-state index in [1.165, 1.54) is 27.8 Å². The van der Waals surface area contributed by atoms with Gasteiger partial charge in [-0.15, -0.1) is 0 Å². The molecule has 0 aliphatic rings. The van der Waals surface area contributed by atoms with Crippen molar-refractivity contribution in [2.75, 3.05) is 0 Å². The fraction of sp³-hybridized carbons (Fsp3) is 0.200. The number of rotatable bonds is 5. The van der Waals surface area contributed by atoms with E-state index in [2.05, 4.69) is 10.1 Å². The van der Waals surface area contributed by atoms with Gasteiger partial charge in [0.05, 0.1) is 23.5 Å². The van der Waals surface area contributed by atoms with Crippen LogP contribution in [0, 0.1) is 21.4 Å². The molecular weight excluding hydrogens is 312 g/mol. The molecule has 2 heterocycles. The van der Waals surface area contributed by atoms with Gasteiger partial charge in [-0.2, -0.15) is 10.4 Å². The van der Waals surface area contributed by atoms with Crippen LogP contribution in [0.2, 0.25) is 0 Å². The third-order valence-electron chi connectivity index (χ3n) is 3.55. The summed E-state index contributed by atoms with van der Waals surface area (Å²) in [6, 6.07) is 8.14. The molecule has 0 aliphatic carbocycles. The number of nitrogens with zero attached hydrogens (tertiary/aromatic N) is 6. The van der Waals surface area contributed by atoms with Crippen molar-refractivity contribution in [2.45, 2.75) is 19.4 Å². The maximum atomic E-state index is 12.4. The number of hydrogen-bond donors (Lipinski definition) is 0. The second-order valence-corrected chi connectivity index (χ2v) is 5.04. The summed E-state index contributed by atoms with van der Waals surface area (Å²) in [6.45, 7) is 0.381. The lowest BCUT2D eigenvalue weighted by atomic mass is 10.2. The van der Waals surface area contributed by atoms with E-state index in [0.29, 0.717) is 19.4 Å². The number of nitro benzene ring substituents is 1. The first-order chi connectivity index (χ1) is 11.6. The average Bonchev–Trinajstić information content (AvgIpc) is 3.01. The second-order valence-electron chi connectivity index (χ2n) is 5.04. The summed E-state index contributed by atoms with van der Waals surface area (Å²) < 4.78 is 2.69. The molecule has 0 aliphatic heterocycles. The highest BCUT2D eigenvalue weighted by molar-refractivity contribution is 5.76. The van der Waals surface area contributed by atoms with Crippen molar-refractivity contribution in [3.8, 4) is 11.8 Å². The van der Waals surface area contributed by atoms with E-state index in [9.17, 15) is 14.9 Å². The van der Waals surface area contributed by atoms with Crippen LogP contribution in [0.1, 0.15) is 12.8 Å². The van der Waals surface area contributed by atoms with Crippen molar-refractivity contribution in [1.82, 2.24) is 19.3 Å². The van der Waals surface area contributed by atoms with Crippen LogP contribution in [0.15, 0.2) is 41.6 Å². The van der Waals surface area contributed by atoms with Gasteiger partial charge in [-0.25, -0.2) is 9.67 Å². The van der Waals surface area contributed by atoms with Gasteiger partial charge in [-0.1, -0.05) is 12.1 Å². The predicted octanol–water partition coefficient (Wildman–Crippen LogP) is 1.79. The molecule has 0 amide bonds. The lowest BCUT2D eigenvalue weighted by Crippen LogP contribution is -2.20. The van der Waals surface area contributed by atoms with E-state index >= 15 is 0 Å². The van der Waals surface area contributed by atoms with Crippen LogP contribution >= 0.6 is 0 Å². The smallest absolute Gasteiger partial charge is 0.294 e. The van der Waals surface area contributed by atoms with Crippen LogP contribution in [-0.2, 0) is 6.54 Å². The van der Waals surface area contributed by atoms with Crippen LogP contribution < -0.4 is 5.56 Å². The number of aryl methyl sites for hydroxylation is 1. The molecule has 120 valence electrons. The zero-order chi connectivity index (χ0) is 17.1. The number of benzene rings is 1. The van der Waals surface area contributed by atoms with Gasteiger partial charge in [-0.05, 0) is 12.5 Å². The van der Waals surface area contributed by atoms with Crippen LogP contribution in [-0.4, -0.2) is 24.3 Å². The molecule has 0 N–H and O–H groups in total. The van der Waals surface area contributed by atoms with Gasteiger partial charge < -0.3 is 0 Å². The second kappa shape index (κ2) is 6.29. The van der Waals surface area contributed by atoms with E-state index < -0.39 is 4.92 Å². The summed E-state index contributed by atoms with van der Waals surface area (Å²) in [5.41, 5.74) is 0.0859. The fourth-order valence-electron chi connectivity index (χ4n) is 2.41. The third-order valence-corrected chi connectivity index (χ3v) is 3.55. The average molecular weight is 324 g/mol. The Morgan fingerprint density at radius 1 is 1.33 bits per heavy atom. The van der Waals surface area contributed by atoms with Crippen LogP contribution in [0.25, 0.3) is 16.7 Å². The fourth-order valence-corrected chi connectivity index (χ4v) is 2.41. The zero-order valence-electron chi connectivity index (χ0n) is 12.5. The number of hydrogen-bond acceptors (Lipinski definition) is 6. The van der Waals surface area contributed by atoms with Gasteiger partial charge in [0.2, 0.25) is 0 Å². The van der Waals surface area contributed by atoms with E-state index in [1.807, 2.05) is 6.07 Å². The quantitative estimate of drug-likeness (QED) is 0.401. The van der Waals surface area contributed by atoms with E-state index in [1.54, 1.807) is 18.2 Å². The highest BCUT2D eigenvalue weighted by atomic mass is 16.6. The molecule has 9 nitrogen and oxygen atoms in total. The number of unbranched alkanes of at least 4 members (excludes halogenated alkanes) is 1. The van der Waals surface area contributed by atoms with Crippen molar-refractivity contribution in [1.29, 1.82) is 5.26 Å². The summed E-state index contributed by atoms with van der Waals surface area (Å²) >= 11 is 0. The Kier molecular flexibility index (Phi) is 4.03. The number of para-hydroxylation sites is 2. The normalized spacial score (nSPS) is 10.6. The number of nitriles is 1. The number of nitro groups is 1. The van der Waals surface area contributed by atoms with Crippen molar-refractivity contribution in [2.24, 2.45) is 0 Å². The minimum atomic E-state index is -0.508. The van der Waals surface area contributed by atoms with Gasteiger partial charge in [0.15, 0.2) is 5.65 Å². The Morgan fingerprint density at radius 2 is 2.12 bits per heavy atom. The van der Waals surface area contributed by atoms with Gasteiger partial charge in [0.1, 0.15) is 11.1 Å². The Labute approximate surface area is 135 Å². The molecule has 0 bridgehead atoms. The lowest BCUT2D eigenvalue weighted by Gasteiger charge is -2.05. The summed E-state index contributed by atoms with van der Waals surface area (Å²) in [6.07, 6.45) is 3.61. The Balaban J connectivity index is 2.10. The molecule has 0 atom stereocenters. The molecule has 9 heteroatoms. The largest absolute Gasteiger partial charge is 0.299 e. The monoisotopic (exact) mass is 324 g/mol. The number of aromatic nitrogens is 4. The maximum Gasteiger partial charge on any atom is 0.294 e. The van der Waals surface area contributed by atoms with Gasteiger partial charge in [0, 0.05) is 19.0 Å². The molecule has 24 heavy (non-hydrogen) atoms. The Hall–Kier alpha value is -3.54. The van der Waals surface area contributed by atoms with Crippen molar-refractivity contribution in [3.05, 3.63) is 57.3 Å². The van der Waals surface area contributed by atoms with Gasteiger partial charge in [-0.3, -0.25) is 19.5 Å². The molecule has 0 spiro atoms.